The van der Waals surface area contributed by atoms with Crippen LogP contribution in [-0.2, 0) is 12.8 Å². The maximum Gasteiger partial charge on any atom is 1.20 e. The molecule has 9 heterocycles. The maximum absolute atomic E-state index is 7.17. The van der Waals surface area contributed by atoms with Crippen molar-refractivity contribution in [2.24, 2.45) is 0 Å². The lowest BCUT2D eigenvalue weighted by Crippen LogP contribution is -2.37. The molecule has 2 aliphatic rings. The summed E-state index contributed by atoms with van der Waals surface area (Å²) >= 11 is -4.51. The van der Waals surface area contributed by atoms with Crippen LogP contribution < -0.4 is 22.7 Å². The quantitative estimate of drug-likeness (QED) is 0.149. The second-order valence-electron chi connectivity index (χ2n) is 22.6. The number of hydrogen-bond acceptors (Lipinski definition) is 11. The molecule has 19 rings (SSSR count). The van der Waals surface area contributed by atoms with Crippen molar-refractivity contribution in [2.45, 2.75) is 12.8 Å². The van der Waals surface area contributed by atoms with Gasteiger partial charge in [-0.2, -0.15) is 0 Å². The number of nitrogens with zero attached hydrogens (tertiary/aromatic N) is 6. The van der Waals surface area contributed by atoms with E-state index in [9.17, 15) is 0 Å². The summed E-state index contributed by atoms with van der Waals surface area (Å²) in [6.07, 6.45) is 1.15. The zero-order valence-electron chi connectivity index (χ0n) is 47.2. The Balaban J connectivity index is 0.715. The van der Waals surface area contributed by atoms with Crippen LogP contribution in [0.5, 0.6) is 34.5 Å². The molecule has 418 valence electrons. The summed E-state index contributed by atoms with van der Waals surface area (Å²) in [6, 6.07) is 83.8. The molecule has 0 atom stereocenters. The van der Waals surface area contributed by atoms with Gasteiger partial charge in [0.05, 0.1) is 33.6 Å². The van der Waals surface area contributed by atoms with Gasteiger partial charge < -0.3 is 31.9 Å². The van der Waals surface area contributed by atoms with Crippen molar-refractivity contribution >= 4 is 149 Å². The molecule has 0 amide bonds. The summed E-state index contributed by atoms with van der Waals surface area (Å²) in [5, 5.41) is 10.2. The second kappa shape index (κ2) is 20.0. The van der Waals surface area contributed by atoms with Gasteiger partial charge in [0.1, 0.15) is 45.1 Å². The molecule has 89 heavy (non-hydrogen) atoms. The van der Waals surface area contributed by atoms with E-state index in [1.807, 2.05) is 60.7 Å². The van der Waals surface area contributed by atoms with Crippen molar-refractivity contribution in [3.05, 3.63) is 265 Å². The molecule has 0 unspecified atom stereocenters. The van der Waals surface area contributed by atoms with Gasteiger partial charge in [-0.25, -0.2) is 19.9 Å². The Morgan fingerprint density at radius 1 is 0.326 bits per heavy atom. The Bertz CT molecular complexity index is 5320. The summed E-state index contributed by atoms with van der Waals surface area (Å²) < 4.78 is 49.2. The highest BCUT2D eigenvalue weighted by Gasteiger charge is 2.47. The smallest absolute Gasteiger partial charge is 0.577 e. The Kier molecular flexibility index (Phi) is 11.4. The molecule has 8 bridgehead atoms. The SMILES string of the molecule is c1cc2c3nc(ccc3c1)Cc1ccc3cccc(c3n1)[O][Al]([O]c1cccc3c1c1ccccc1n3-c1ccc3sc4ccc(-n5c6ccccc6c6c([O][Al]7[O]c8cccc9ccc(nc89)Cc8ccc9cccc(c9n8)[O]7)cccc65)cc4c3c1)[O]2. The summed E-state index contributed by atoms with van der Waals surface area (Å²) in [4.78, 5) is 20.5. The lowest BCUT2D eigenvalue weighted by molar-refractivity contribution is 0.310. The van der Waals surface area contributed by atoms with Crippen LogP contribution in [0.15, 0.2) is 243 Å². The third-order valence-corrected chi connectivity index (χ3v) is 21.1. The molecule has 0 saturated heterocycles. The largest absolute Gasteiger partial charge is 1.20 e. The van der Waals surface area contributed by atoms with Crippen molar-refractivity contribution in [1.29, 1.82) is 0 Å². The van der Waals surface area contributed by atoms with E-state index in [1.165, 1.54) is 9.40 Å². The van der Waals surface area contributed by atoms with Crippen LogP contribution >= 0.6 is 11.3 Å². The van der Waals surface area contributed by atoms with Crippen LogP contribution in [0.2, 0.25) is 0 Å². The van der Waals surface area contributed by atoms with Gasteiger partial charge in [-0.3, -0.25) is 0 Å². The molecule has 12 nitrogen and oxygen atoms in total. The van der Waals surface area contributed by atoms with Crippen LogP contribution in [0.3, 0.4) is 0 Å². The molecule has 0 N–H and O–H groups in total. The maximum atomic E-state index is 7.17. The van der Waals surface area contributed by atoms with Crippen molar-refractivity contribution in [1.82, 2.24) is 29.1 Å². The molecule has 15 heteroatoms. The number of hydrogen-bond donors (Lipinski definition) is 0. The van der Waals surface area contributed by atoms with E-state index in [-0.39, 0.29) is 0 Å². The van der Waals surface area contributed by atoms with Gasteiger partial charge in [-0.05, 0) is 121 Å². The van der Waals surface area contributed by atoms with Crippen molar-refractivity contribution in [2.75, 3.05) is 0 Å². The molecule has 7 aromatic heterocycles. The highest BCUT2D eigenvalue weighted by atomic mass is 32.1. The summed E-state index contributed by atoms with van der Waals surface area (Å²) in [5.41, 5.74) is 12.7. The van der Waals surface area contributed by atoms with Crippen molar-refractivity contribution in [3.8, 4) is 45.9 Å². The highest BCUT2D eigenvalue weighted by molar-refractivity contribution is 7.25. The Hall–Kier alpha value is -10.5. The molecule has 0 radical (unpaired) electrons. The molecule has 0 fully saturated rings. The first-order valence-electron chi connectivity index (χ1n) is 29.6. The van der Waals surface area contributed by atoms with Crippen molar-refractivity contribution in [3.63, 3.8) is 0 Å². The molecule has 10 aromatic carbocycles. The van der Waals surface area contributed by atoms with Crippen LogP contribution in [0.4, 0.5) is 0 Å². The summed E-state index contributed by atoms with van der Waals surface area (Å²) in [6.45, 7) is 0. The second-order valence-corrected chi connectivity index (χ2v) is 26.3. The fourth-order valence-electron chi connectivity index (χ4n) is 13.3. The molecular formula is C74H44Al2N6O6S. The Labute approximate surface area is 521 Å². The fraction of sp³-hybridized carbons (Fsp3) is 0.0270. The average molecular weight is 1200 g/mol. The zero-order valence-corrected chi connectivity index (χ0v) is 50.3. The lowest BCUT2D eigenvalue weighted by Gasteiger charge is -2.20. The van der Waals surface area contributed by atoms with Gasteiger partial charge in [0.15, 0.2) is 0 Å². The first-order valence-corrected chi connectivity index (χ1v) is 33.2. The predicted molar refractivity (Wildman–Crippen MR) is 356 cm³/mol. The first-order chi connectivity index (χ1) is 44.0. The minimum atomic E-state index is -3.15. The normalized spacial score (nSPS) is 13.2. The van der Waals surface area contributed by atoms with E-state index in [2.05, 4.69) is 191 Å². The number of para-hydroxylation sites is 6. The minimum Gasteiger partial charge on any atom is -0.577 e. The number of rotatable bonds is 6. The Morgan fingerprint density at radius 3 is 1.06 bits per heavy atom. The summed E-state index contributed by atoms with van der Waals surface area (Å²) in [7, 11) is 0. The highest BCUT2D eigenvalue weighted by Crippen LogP contribution is 2.44. The number of aromatic nitrogens is 6. The van der Waals surface area contributed by atoms with Gasteiger partial charge in [-0.15, -0.1) is 11.3 Å². The molecule has 0 spiro atoms. The number of benzene rings is 10. The topological polar surface area (TPSA) is 117 Å². The summed E-state index contributed by atoms with van der Waals surface area (Å²) in [5.74, 6) is 3.77. The number of fused-ring (bicyclic) bond motifs is 13. The number of thiophene rings is 1. The predicted octanol–water partition coefficient (Wildman–Crippen LogP) is 17.3. The average Bonchev–Trinajstić information content (AvgIpc) is 1.63. The lowest BCUT2D eigenvalue weighted by atomic mass is 10.1. The minimum absolute atomic E-state index is 0.574. The van der Waals surface area contributed by atoms with E-state index in [0.29, 0.717) is 47.3 Å². The molecule has 2 aliphatic heterocycles. The first kappa shape index (κ1) is 50.7. The van der Waals surface area contributed by atoms with Crippen LogP contribution in [-0.4, -0.2) is 59.4 Å². The van der Waals surface area contributed by atoms with Gasteiger partial charge in [0, 0.05) is 110 Å². The van der Waals surface area contributed by atoms with Gasteiger partial charge >= 0.3 is 30.3 Å². The van der Waals surface area contributed by atoms with E-state index in [4.69, 9.17) is 42.7 Å². The van der Waals surface area contributed by atoms with E-state index in [1.54, 1.807) is 11.3 Å². The van der Waals surface area contributed by atoms with Gasteiger partial charge in [0.2, 0.25) is 0 Å². The zero-order chi connectivity index (χ0) is 58.3. The molecular weight excluding hydrogens is 1150 g/mol. The molecule has 0 saturated carbocycles. The van der Waals surface area contributed by atoms with Crippen molar-refractivity contribution < 1.29 is 22.7 Å². The third-order valence-electron chi connectivity index (χ3n) is 17.3. The van der Waals surface area contributed by atoms with Gasteiger partial charge in [-0.1, -0.05) is 121 Å². The van der Waals surface area contributed by atoms with E-state index >= 15 is 0 Å². The van der Waals surface area contributed by atoms with Crippen LogP contribution in [0, 0.1) is 0 Å². The van der Waals surface area contributed by atoms with E-state index < -0.39 is 30.3 Å². The van der Waals surface area contributed by atoms with Crippen LogP contribution in [0.25, 0.3) is 119 Å². The fourth-order valence-corrected chi connectivity index (χ4v) is 17.1. The van der Waals surface area contributed by atoms with E-state index in [0.717, 1.165) is 132 Å². The molecule has 0 aliphatic carbocycles. The van der Waals surface area contributed by atoms with Crippen LogP contribution in [0.1, 0.15) is 22.8 Å². The standard InChI is InChI=1S/C36H22N2O2S.2C19H14N2O2.2Al/c39-31-13-5-11-29-35(31)23-7-1-3-9-27(23)37(29)21-15-17-33-25(19-21)26-20-22(16-18-34(26)41-33)38-28-10-4-2-8-24(28)36-30(38)12-6-14-32(36)40;2*22-16-5-1-3-12-7-9-14(20-18(12)16)11-15-10-8-13-4-2-6-17(23)19(13)21-15;;/h1-20,39-40H;2*1-10,22-23H,11H2;;/q;;;2*+3/p-6. The van der Waals surface area contributed by atoms with Gasteiger partial charge in [0.25, 0.3) is 0 Å². The third kappa shape index (κ3) is 8.39. The monoisotopic (exact) mass is 1200 g/mol. The number of pyridine rings is 4. The Morgan fingerprint density at radius 2 is 0.674 bits per heavy atom. The molecule has 17 aromatic rings.